The minimum Gasteiger partial charge on any atom is -0.490 e. The van der Waals surface area contributed by atoms with E-state index in [0.717, 1.165) is 5.56 Å². The Morgan fingerprint density at radius 1 is 1.11 bits per heavy atom. The van der Waals surface area contributed by atoms with Crippen LogP contribution in [0.25, 0.3) is 0 Å². The number of rotatable bonds is 11. The van der Waals surface area contributed by atoms with Crippen molar-refractivity contribution < 1.29 is 41.7 Å². The number of benzene rings is 1. The third kappa shape index (κ3) is 7.91. The van der Waals surface area contributed by atoms with Crippen LogP contribution < -0.4 is 19.5 Å². The van der Waals surface area contributed by atoms with Gasteiger partial charge in [0.05, 0.1) is 30.3 Å². The monoisotopic (exact) mass is 554 g/mol. The number of carbonyl (C=O) groups excluding carboxylic acids is 3. The Bertz CT molecular complexity index is 1240. The lowest BCUT2D eigenvalue weighted by Gasteiger charge is -2.11. The maximum Gasteiger partial charge on any atom is 0.341 e. The van der Waals surface area contributed by atoms with Crippen molar-refractivity contribution in [2.24, 2.45) is 5.92 Å². The standard InChI is InChI=1S/C24H30N2O9S2/c1-4-32-24(29)22-16(10-15(2)3)14-36-23(22)26-20(27)13-35-21(28)12-25-37(30,31)17-6-7-18-19(11-17)34-9-5-8-33-18/h6-7,11,14-15,25H,4-5,8-10,12-13H2,1-3H3,(H,26,27). The zero-order chi connectivity index (χ0) is 27.0. The molecule has 0 fully saturated rings. The molecule has 1 aromatic carbocycles. The molecular weight excluding hydrogens is 524 g/mol. The minimum atomic E-state index is -4.05. The van der Waals surface area contributed by atoms with Gasteiger partial charge in [0, 0.05) is 12.5 Å². The van der Waals surface area contributed by atoms with Gasteiger partial charge >= 0.3 is 11.9 Å². The van der Waals surface area contributed by atoms with Gasteiger partial charge in [-0.05, 0) is 42.3 Å². The van der Waals surface area contributed by atoms with E-state index in [9.17, 15) is 22.8 Å². The topological polar surface area (TPSA) is 146 Å². The summed E-state index contributed by atoms with van der Waals surface area (Å²) in [5, 5.41) is 4.64. The predicted molar refractivity (Wildman–Crippen MR) is 136 cm³/mol. The number of carbonyl (C=O) groups is 3. The second kappa shape index (κ2) is 12.9. The molecule has 0 bridgehead atoms. The highest BCUT2D eigenvalue weighted by Gasteiger charge is 2.23. The summed E-state index contributed by atoms with van der Waals surface area (Å²) in [5.41, 5.74) is 1.04. The van der Waals surface area contributed by atoms with Gasteiger partial charge in [-0.3, -0.25) is 9.59 Å². The van der Waals surface area contributed by atoms with Gasteiger partial charge in [-0.25, -0.2) is 13.2 Å². The Balaban J connectivity index is 1.54. The normalized spacial score (nSPS) is 13.1. The van der Waals surface area contributed by atoms with Crippen LogP contribution >= 0.6 is 11.3 Å². The fraction of sp³-hybridized carbons (Fsp3) is 0.458. The predicted octanol–water partition coefficient (Wildman–Crippen LogP) is 2.74. The van der Waals surface area contributed by atoms with Crippen LogP contribution in [-0.2, 0) is 35.5 Å². The lowest BCUT2D eigenvalue weighted by atomic mass is 10.0. The van der Waals surface area contributed by atoms with Crippen LogP contribution in [0.2, 0.25) is 0 Å². The lowest BCUT2D eigenvalue weighted by molar-refractivity contribution is -0.146. The molecule has 0 saturated heterocycles. The van der Waals surface area contributed by atoms with Crippen molar-refractivity contribution in [3.63, 3.8) is 0 Å². The number of esters is 2. The van der Waals surface area contributed by atoms with Gasteiger partial charge in [-0.1, -0.05) is 13.8 Å². The number of ether oxygens (including phenoxy) is 4. The fourth-order valence-corrected chi connectivity index (χ4v) is 5.37. The molecule has 2 aromatic rings. The number of sulfonamides is 1. The highest BCUT2D eigenvalue weighted by molar-refractivity contribution is 7.89. The summed E-state index contributed by atoms with van der Waals surface area (Å²) < 4.78 is 48.3. The third-order valence-corrected chi connectivity index (χ3v) is 7.37. The Hall–Kier alpha value is -3.16. The molecule has 37 heavy (non-hydrogen) atoms. The SMILES string of the molecule is CCOC(=O)c1c(CC(C)C)csc1NC(=O)COC(=O)CNS(=O)(=O)c1ccc2c(c1)OCCCO2. The van der Waals surface area contributed by atoms with Gasteiger partial charge in [0.15, 0.2) is 18.1 Å². The molecule has 202 valence electrons. The van der Waals surface area contributed by atoms with Crippen LogP contribution in [0.5, 0.6) is 11.5 Å². The fourth-order valence-electron chi connectivity index (χ4n) is 3.41. The molecule has 2 N–H and O–H groups in total. The zero-order valence-corrected chi connectivity index (χ0v) is 22.5. The van der Waals surface area contributed by atoms with Gasteiger partial charge in [-0.2, -0.15) is 4.72 Å². The summed E-state index contributed by atoms with van der Waals surface area (Å²) in [6.45, 7) is 5.40. The summed E-state index contributed by atoms with van der Waals surface area (Å²) in [6, 6.07) is 4.14. The highest BCUT2D eigenvalue weighted by atomic mass is 32.2. The van der Waals surface area contributed by atoms with Gasteiger partial charge in [-0.15, -0.1) is 11.3 Å². The molecule has 0 unspecified atom stereocenters. The number of thiophene rings is 1. The van der Waals surface area contributed by atoms with Gasteiger partial charge in [0.2, 0.25) is 10.0 Å². The van der Waals surface area contributed by atoms with E-state index in [1.54, 1.807) is 12.3 Å². The van der Waals surface area contributed by atoms with Crippen molar-refractivity contribution in [1.29, 1.82) is 0 Å². The van der Waals surface area contributed by atoms with Gasteiger partial charge in [0.1, 0.15) is 11.5 Å². The van der Waals surface area contributed by atoms with Gasteiger partial charge in [0.25, 0.3) is 5.91 Å². The van der Waals surface area contributed by atoms with Crippen LogP contribution in [0.1, 0.15) is 43.1 Å². The number of fused-ring (bicyclic) bond motifs is 1. The van der Waals surface area contributed by atoms with Crippen molar-refractivity contribution in [3.8, 4) is 11.5 Å². The number of anilines is 1. The first-order valence-electron chi connectivity index (χ1n) is 11.7. The molecule has 3 rings (SSSR count). The second-order valence-corrected chi connectivity index (χ2v) is 11.1. The molecular formula is C24H30N2O9S2. The smallest absolute Gasteiger partial charge is 0.341 e. The first kappa shape index (κ1) is 28.4. The molecule has 0 aliphatic carbocycles. The first-order chi connectivity index (χ1) is 17.6. The molecule has 1 aliphatic heterocycles. The number of hydrogen-bond acceptors (Lipinski definition) is 10. The van der Waals surface area contributed by atoms with Crippen LogP contribution in [0.4, 0.5) is 5.00 Å². The van der Waals surface area contributed by atoms with Crippen LogP contribution in [0, 0.1) is 5.92 Å². The molecule has 1 aliphatic rings. The van der Waals surface area contributed by atoms with Crippen molar-refractivity contribution in [2.45, 2.75) is 38.5 Å². The maximum absolute atomic E-state index is 12.6. The first-order valence-corrected chi connectivity index (χ1v) is 14.1. The molecule has 1 amide bonds. The van der Waals surface area contributed by atoms with Crippen LogP contribution in [-0.4, -0.2) is 59.2 Å². The average molecular weight is 555 g/mol. The van der Waals surface area contributed by atoms with Crippen LogP contribution in [0.15, 0.2) is 28.5 Å². The number of nitrogens with one attached hydrogen (secondary N) is 2. The largest absolute Gasteiger partial charge is 0.490 e. The lowest BCUT2D eigenvalue weighted by Crippen LogP contribution is -2.32. The quantitative estimate of drug-likeness (QED) is 0.400. The minimum absolute atomic E-state index is 0.108. The Kier molecular flexibility index (Phi) is 9.89. The average Bonchev–Trinajstić information content (AvgIpc) is 3.07. The molecule has 2 heterocycles. The van der Waals surface area contributed by atoms with E-state index >= 15 is 0 Å². The van der Waals surface area contributed by atoms with Crippen LogP contribution in [0.3, 0.4) is 0 Å². The maximum atomic E-state index is 12.6. The van der Waals surface area contributed by atoms with E-state index in [4.69, 9.17) is 18.9 Å². The Morgan fingerprint density at radius 3 is 2.54 bits per heavy atom. The molecule has 1 aromatic heterocycles. The third-order valence-electron chi connectivity index (χ3n) is 5.03. The van der Waals surface area contributed by atoms with E-state index in [-0.39, 0.29) is 23.0 Å². The summed E-state index contributed by atoms with van der Waals surface area (Å²) >= 11 is 1.17. The van der Waals surface area contributed by atoms with Crippen molar-refractivity contribution in [1.82, 2.24) is 4.72 Å². The Labute approximate surface area is 219 Å². The van der Waals surface area contributed by atoms with Crippen molar-refractivity contribution in [2.75, 3.05) is 38.3 Å². The van der Waals surface area contributed by atoms with E-state index in [1.807, 2.05) is 13.8 Å². The molecule has 0 radical (unpaired) electrons. The van der Waals surface area contributed by atoms with Crippen molar-refractivity contribution in [3.05, 3.63) is 34.7 Å². The molecule has 0 saturated carbocycles. The summed E-state index contributed by atoms with van der Waals surface area (Å²) in [4.78, 5) is 36.8. The highest BCUT2D eigenvalue weighted by Crippen LogP contribution is 2.32. The Morgan fingerprint density at radius 2 is 1.84 bits per heavy atom. The second-order valence-electron chi connectivity index (χ2n) is 8.48. The summed E-state index contributed by atoms with van der Waals surface area (Å²) in [6.07, 6.45) is 1.29. The van der Waals surface area contributed by atoms with Gasteiger partial charge < -0.3 is 24.3 Å². The van der Waals surface area contributed by atoms with E-state index in [2.05, 4.69) is 10.0 Å². The van der Waals surface area contributed by atoms with E-state index in [1.165, 1.54) is 29.5 Å². The summed E-state index contributed by atoms with van der Waals surface area (Å²) in [7, 11) is -4.05. The summed E-state index contributed by atoms with van der Waals surface area (Å²) in [5.74, 6) is -1.16. The molecule has 0 spiro atoms. The number of amides is 1. The van der Waals surface area contributed by atoms with E-state index < -0.39 is 41.0 Å². The number of hydrogen-bond donors (Lipinski definition) is 2. The zero-order valence-electron chi connectivity index (χ0n) is 20.8. The molecule has 0 atom stereocenters. The molecule has 11 nitrogen and oxygen atoms in total. The van der Waals surface area contributed by atoms with Crippen molar-refractivity contribution >= 4 is 44.2 Å². The molecule has 13 heteroatoms. The van der Waals surface area contributed by atoms with E-state index in [0.29, 0.717) is 42.6 Å².